The van der Waals surface area contributed by atoms with Crippen LogP contribution >= 0.6 is 0 Å². The molecule has 1 N–H and O–H groups in total. The highest BCUT2D eigenvalue weighted by atomic mass is 19.3. The zero-order valence-electron chi connectivity index (χ0n) is 17.0. The Morgan fingerprint density at radius 1 is 1.16 bits per heavy atom. The van der Waals surface area contributed by atoms with Crippen molar-refractivity contribution in [2.75, 3.05) is 23.3 Å². The van der Waals surface area contributed by atoms with Gasteiger partial charge in [0.15, 0.2) is 5.65 Å². The normalized spacial score (nSPS) is 16.2. The maximum absolute atomic E-state index is 13.6. The van der Waals surface area contributed by atoms with E-state index in [1.807, 2.05) is 13.0 Å². The fourth-order valence-corrected chi connectivity index (χ4v) is 3.79. The minimum absolute atomic E-state index is 0.157. The first-order valence-corrected chi connectivity index (χ1v) is 9.87. The maximum atomic E-state index is 13.6. The Labute approximate surface area is 175 Å². The third-order valence-electron chi connectivity index (χ3n) is 5.67. The molecule has 5 rings (SSSR count). The van der Waals surface area contributed by atoms with Gasteiger partial charge >= 0.3 is 0 Å². The highest BCUT2D eigenvalue weighted by Gasteiger charge is 2.34. The van der Waals surface area contributed by atoms with Crippen molar-refractivity contribution in [3.05, 3.63) is 46.8 Å². The Bertz CT molecular complexity index is 1350. The van der Waals surface area contributed by atoms with Crippen LogP contribution in [0.25, 0.3) is 16.7 Å². The molecule has 1 fully saturated rings. The van der Waals surface area contributed by atoms with Crippen LogP contribution in [0.3, 0.4) is 0 Å². The Balaban J connectivity index is 1.57. The average molecular weight is 426 g/mol. The number of nitrogens with zero attached hydrogens (tertiary/aromatic N) is 7. The second-order valence-corrected chi connectivity index (χ2v) is 7.76. The lowest BCUT2D eigenvalue weighted by atomic mass is 10.1. The molecule has 11 heteroatoms. The van der Waals surface area contributed by atoms with E-state index in [0.29, 0.717) is 22.7 Å². The number of halogens is 2. The molecule has 0 amide bonds. The Hall–Kier alpha value is -3.63. The van der Waals surface area contributed by atoms with Gasteiger partial charge in [0.05, 0.1) is 29.3 Å². The zero-order valence-corrected chi connectivity index (χ0v) is 17.0. The van der Waals surface area contributed by atoms with Crippen molar-refractivity contribution in [1.29, 1.82) is 0 Å². The highest BCUT2D eigenvalue weighted by Crippen LogP contribution is 2.33. The SMILES string of the molecule is Cc1cc2ncnn2cc1Nc1ncc2c(n1)c(N1CCC(F)(F)CC1)cc(=O)n2C. The molecule has 1 saturated heterocycles. The van der Waals surface area contributed by atoms with Gasteiger partial charge in [-0.1, -0.05) is 0 Å². The molecule has 0 aliphatic carbocycles. The molecule has 0 bridgehead atoms. The summed E-state index contributed by atoms with van der Waals surface area (Å²) in [6.07, 6.45) is 4.32. The smallest absolute Gasteiger partial charge is 0.252 e. The fourth-order valence-electron chi connectivity index (χ4n) is 3.79. The molecule has 5 heterocycles. The number of hydrogen-bond donors (Lipinski definition) is 1. The molecular formula is C20H20F2N8O. The molecule has 0 radical (unpaired) electrons. The van der Waals surface area contributed by atoms with Crippen molar-refractivity contribution in [3.63, 3.8) is 0 Å². The summed E-state index contributed by atoms with van der Waals surface area (Å²) in [5, 5.41) is 7.33. The molecular weight excluding hydrogens is 406 g/mol. The number of anilines is 3. The van der Waals surface area contributed by atoms with Gasteiger partial charge in [-0.2, -0.15) is 5.10 Å². The molecule has 1 aliphatic heterocycles. The molecule has 4 aromatic heterocycles. The highest BCUT2D eigenvalue weighted by molar-refractivity contribution is 5.88. The van der Waals surface area contributed by atoms with Gasteiger partial charge in [0.25, 0.3) is 11.5 Å². The van der Waals surface area contributed by atoms with Gasteiger partial charge in [0, 0.05) is 39.0 Å². The summed E-state index contributed by atoms with van der Waals surface area (Å²) in [7, 11) is 1.64. The number of aromatic nitrogens is 6. The van der Waals surface area contributed by atoms with E-state index in [-0.39, 0.29) is 31.5 Å². The van der Waals surface area contributed by atoms with Gasteiger partial charge in [0.1, 0.15) is 11.8 Å². The van der Waals surface area contributed by atoms with Crippen LogP contribution in [0.2, 0.25) is 0 Å². The van der Waals surface area contributed by atoms with Crippen LogP contribution in [0.15, 0.2) is 35.6 Å². The number of hydrogen-bond acceptors (Lipinski definition) is 7. The standard InChI is InChI=1S/C20H20F2N8O/c1-12-7-16-24-11-25-30(16)10-13(12)26-19-23-9-15-18(27-19)14(8-17(31)28(15)2)29-5-3-20(21,22)4-6-29/h7-11H,3-6H2,1-2H3,(H,23,26,27). The molecule has 4 aromatic rings. The van der Waals surface area contributed by atoms with E-state index in [1.165, 1.54) is 17.0 Å². The number of alkyl halides is 2. The summed E-state index contributed by atoms with van der Waals surface area (Å²) in [6.45, 7) is 2.25. The third kappa shape index (κ3) is 3.45. The summed E-state index contributed by atoms with van der Waals surface area (Å²) in [4.78, 5) is 27.4. The van der Waals surface area contributed by atoms with Crippen molar-refractivity contribution in [3.8, 4) is 0 Å². The summed E-state index contributed by atoms with van der Waals surface area (Å²) in [5.41, 5.74) is 3.78. The van der Waals surface area contributed by atoms with Gasteiger partial charge in [-0.05, 0) is 18.6 Å². The van der Waals surface area contributed by atoms with E-state index >= 15 is 0 Å². The predicted octanol–water partition coefficient (Wildman–Crippen LogP) is 2.66. The van der Waals surface area contributed by atoms with Crippen LogP contribution in [0.1, 0.15) is 18.4 Å². The molecule has 0 unspecified atom stereocenters. The topological polar surface area (TPSA) is 93.2 Å². The second kappa shape index (κ2) is 6.96. The van der Waals surface area contributed by atoms with Crippen molar-refractivity contribution < 1.29 is 8.78 Å². The monoisotopic (exact) mass is 426 g/mol. The Morgan fingerprint density at radius 3 is 2.71 bits per heavy atom. The predicted molar refractivity (Wildman–Crippen MR) is 112 cm³/mol. The molecule has 0 spiro atoms. The number of piperidine rings is 1. The van der Waals surface area contributed by atoms with Crippen LogP contribution in [-0.4, -0.2) is 48.1 Å². The molecule has 9 nitrogen and oxygen atoms in total. The van der Waals surface area contributed by atoms with Gasteiger partial charge in [0.2, 0.25) is 5.95 Å². The quantitative estimate of drug-likeness (QED) is 0.538. The molecule has 1 aliphatic rings. The van der Waals surface area contributed by atoms with Crippen LogP contribution in [0, 0.1) is 6.92 Å². The van der Waals surface area contributed by atoms with Crippen LogP contribution < -0.4 is 15.8 Å². The van der Waals surface area contributed by atoms with Crippen LogP contribution in [-0.2, 0) is 7.05 Å². The van der Waals surface area contributed by atoms with Gasteiger partial charge in [-0.25, -0.2) is 28.2 Å². The summed E-state index contributed by atoms with van der Waals surface area (Å²) >= 11 is 0. The lowest BCUT2D eigenvalue weighted by Crippen LogP contribution is -2.40. The van der Waals surface area contributed by atoms with E-state index in [1.54, 1.807) is 28.9 Å². The Kier molecular flexibility index (Phi) is 4.34. The van der Waals surface area contributed by atoms with E-state index in [9.17, 15) is 13.6 Å². The largest absolute Gasteiger partial charge is 0.369 e. The minimum atomic E-state index is -2.68. The van der Waals surface area contributed by atoms with Crippen LogP contribution in [0.4, 0.5) is 26.1 Å². The number of pyridine rings is 2. The van der Waals surface area contributed by atoms with E-state index in [2.05, 4.69) is 25.4 Å². The van der Waals surface area contributed by atoms with Gasteiger partial charge < -0.3 is 14.8 Å². The van der Waals surface area contributed by atoms with Crippen molar-refractivity contribution >= 4 is 34.0 Å². The molecule has 160 valence electrons. The molecule has 0 atom stereocenters. The van der Waals surface area contributed by atoms with E-state index in [4.69, 9.17) is 0 Å². The van der Waals surface area contributed by atoms with Crippen LogP contribution in [0.5, 0.6) is 0 Å². The second-order valence-electron chi connectivity index (χ2n) is 7.76. The maximum Gasteiger partial charge on any atom is 0.252 e. The summed E-state index contributed by atoms with van der Waals surface area (Å²) in [6, 6.07) is 3.34. The fraction of sp³-hybridized carbons (Fsp3) is 0.350. The summed E-state index contributed by atoms with van der Waals surface area (Å²) in [5.74, 6) is -2.34. The zero-order chi connectivity index (χ0) is 21.8. The van der Waals surface area contributed by atoms with Gasteiger partial charge in [-0.15, -0.1) is 0 Å². The number of fused-ring (bicyclic) bond motifs is 2. The van der Waals surface area contributed by atoms with Crippen molar-refractivity contribution in [2.45, 2.75) is 25.7 Å². The van der Waals surface area contributed by atoms with Gasteiger partial charge in [-0.3, -0.25) is 4.79 Å². The number of aryl methyl sites for hydroxylation is 2. The first-order valence-electron chi connectivity index (χ1n) is 9.87. The third-order valence-corrected chi connectivity index (χ3v) is 5.67. The molecule has 31 heavy (non-hydrogen) atoms. The Morgan fingerprint density at radius 2 is 1.94 bits per heavy atom. The lowest BCUT2D eigenvalue weighted by Gasteiger charge is -2.33. The first-order chi connectivity index (χ1) is 14.8. The average Bonchev–Trinajstić information content (AvgIpc) is 3.18. The number of rotatable bonds is 3. The summed E-state index contributed by atoms with van der Waals surface area (Å²) < 4.78 is 30.4. The molecule has 0 aromatic carbocycles. The number of nitrogens with one attached hydrogen (secondary N) is 1. The molecule has 0 saturated carbocycles. The van der Waals surface area contributed by atoms with Crippen molar-refractivity contribution in [2.24, 2.45) is 7.05 Å². The lowest BCUT2D eigenvalue weighted by molar-refractivity contribution is -0.0220. The van der Waals surface area contributed by atoms with Crippen molar-refractivity contribution in [1.82, 2.24) is 29.1 Å². The van der Waals surface area contributed by atoms with E-state index < -0.39 is 5.92 Å². The minimum Gasteiger partial charge on any atom is -0.369 e. The van der Waals surface area contributed by atoms with E-state index in [0.717, 1.165) is 16.9 Å². The first kappa shape index (κ1) is 19.3.